The van der Waals surface area contributed by atoms with Crippen LogP contribution in [0, 0.1) is 3.57 Å². The second-order valence-electron chi connectivity index (χ2n) is 4.65. The van der Waals surface area contributed by atoms with Crippen LogP contribution < -0.4 is 5.32 Å². The van der Waals surface area contributed by atoms with Crippen LogP contribution in [-0.2, 0) is 6.54 Å². The van der Waals surface area contributed by atoms with Crippen molar-refractivity contribution < 1.29 is 14.3 Å². The van der Waals surface area contributed by atoms with Crippen molar-refractivity contribution in [3.63, 3.8) is 0 Å². The maximum Gasteiger partial charge on any atom is 0.371 e. The molecule has 0 fully saturated rings. The van der Waals surface area contributed by atoms with Crippen LogP contribution in [0.2, 0.25) is 0 Å². The monoisotopic (exact) mass is 393 g/mol. The lowest BCUT2D eigenvalue weighted by atomic mass is 10.1. The van der Waals surface area contributed by atoms with E-state index in [1.165, 1.54) is 3.57 Å². The number of carboxylic acids is 1. The molecule has 3 rings (SSSR count). The van der Waals surface area contributed by atoms with Crippen molar-refractivity contribution in [2.45, 2.75) is 6.54 Å². The average Bonchev–Trinajstić information content (AvgIpc) is 2.88. The number of anilines is 1. The Bertz CT molecular complexity index is 810. The van der Waals surface area contributed by atoms with Gasteiger partial charge in [-0.25, -0.2) is 4.79 Å². The predicted molar refractivity (Wildman–Crippen MR) is 89.7 cm³/mol. The fourth-order valence-corrected chi connectivity index (χ4v) is 2.65. The summed E-state index contributed by atoms with van der Waals surface area (Å²) in [5.74, 6) is -1.09. The van der Waals surface area contributed by atoms with Crippen molar-refractivity contribution in [2.75, 3.05) is 5.32 Å². The molecule has 0 amide bonds. The Kier molecular flexibility index (Phi) is 3.83. The van der Waals surface area contributed by atoms with Crippen LogP contribution in [0.1, 0.15) is 16.1 Å². The van der Waals surface area contributed by atoms with E-state index < -0.39 is 5.97 Å². The first-order valence-corrected chi connectivity index (χ1v) is 7.45. The van der Waals surface area contributed by atoms with Crippen LogP contribution in [0.25, 0.3) is 11.0 Å². The number of halogens is 1. The van der Waals surface area contributed by atoms with Crippen molar-refractivity contribution in [1.29, 1.82) is 0 Å². The number of hydrogen-bond acceptors (Lipinski definition) is 3. The summed E-state index contributed by atoms with van der Waals surface area (Å²) in [5, 5.41) is 13.1. The number of carboxylic acid groups (broad SMARTS) is 1. The molecule has 5 heteroatoms. The molecule has 2 N–H and O–H groups in total. The first-order valence-electron chi connectivity index (χ1n) is 6.37. The van der Waals surface area contributed by atoms with Crippen molar-refractivity contribution in [1.82, 2.24) is 0 Å². The van der Waals surface area contributed by atoms with E-state index in [4.69, 9.17) is 9.52 Å². The smallest absolute Gasteiger partial charge is 0.371 e. The number of hydrogen-bond donors (Lipinski definition) is 2. The van der Waals surface area contributed by atoms with Crippen LogP contribution in [-0.4, -0.2) is 11.1 Å². The summed E-state index contributed by atoms with van der Waals surface area (Å²) in [7, 11) is 0. The number of furan rings is 1. The van der Waals surface area contributed by atoms with Gasteiger partial charge < -0.3 is 14.8 Å². The Hall–Kier alpha value is -2.02. The zero-order valence-electron chi connectivity index (χ0n) is 11.0. The fraction of sp³-hybridized carbons (Fsp3) is 0.0625. The molecule has 0 radical (unpaired) electrons. The Balaban J connectivity index is 1.79. The fourth-order valence-electron chi connectivity index (χ4n) is 2.11. The molecule has 0 aliphatic rings. The first kappa shape index (κ1) is 13.9. The molecule has 3 aromatic rings. The minimum absolute atomic E-state index is 0.0345. The Morgan fingerprint density at radius 3 is 2.81 bits per heavy atom. The van der Waals surface area contributed by atoms with Crippen LogP contribution >= 0.6 is 22.6 Å². The summed E-state index contributed by atoms with van der Waals surface area (Å²) < 4.78 is 6.42. The van der Waals surface area contributed by atoms with Crippen LogP contribution in [0.3, 0.4) is 0 Å². The van der Waals surface area contributed by atoms with Crippen molar-refractivity contribution >= 4 is 45.2 Å². The van der Waals surface area contributed by atoms with Gasteiger partial charge in [-0.2, -0.15) is 0 Å². The molecule has 0 unspecified atom stereocenters. The molecule has 1 aromatic heterocycles. The van der Waals surface area contributed by atoms with Gasteiger partial charge in [0.05, 0.1) is 0 Å². The van der Waals surface area contributed by atoms with Gasteiger partial charge in [-0.3, -0.25) is 0 Å². The van der Waals surface area contributed by atoms with Crippen molar-refractivity contribution in [3.8, 4) is 0 Å². The molecule has 0 saturated carbocycles. The van der Waals surface area contributed by atoms with Gasteiger partial charge in [-0.1, -0.05) is 12.1 Å². The number of carbonyl (C=O) groups is 1. The summed E-state index contributed by atoms with van der Waals surface area (Å²) in [4.78, 5) is 10.9. The molecule has 0 bridgehead atoms. The summed E-state index contributed by atoms with van der Waals surface area (Å²) >= 11 is 2.27. The second kappa shape index (κ2) is 5.77. The summed E-state index contributed by atoms with van der Waals surface area (Å²) in [6.45, 7) is 0.670. The third-order valence-electron chi connectivity index (χ3n) is 3.11. The SMILES string of the molecule is O=C(O)c1cc2cc(CNc3cccc(I)c3)ccc2o1. The molecule has 1 heterocycles. The number of benzene rings is 2. The van der Waals surface area contributed by atoms with E-state index in [0.29, 0.717) is 12.1 Å². The summed E-state index contributed by atoms with van der Waals surface area (Å²) in [6, 6.07) is 15.3. The van der Waals surface area contributed by atoms with Gasteiger partial charge in [0.2, 0.25) is 5.76 Å². The van der Waals surface area contributed by atoms with E-state index in [9.17, 15) is 4.79 Å². The predicted octanol–water partition coefficient (Wildman–Crippen LogP) is 4.35. The molecule has 2 aromatic carbocycles. The molecule has 106 valence electrons. The average molecular weight is 393 g/mol. The molecular formula is C16H12INO3. The Morgan fingerprint density at radius 1 is 1.19 bits per heavy atom. The highest BCUT2D eigenvalue weighted by atomic mass is 127. The largest absolute Gasteiger partial charge is 0.475 e. The Morgan fingerprint density at radius 2 is 2.05 bits per heavy atom. The normalized spacial score (nSPS) is 10.7. The zero-order chi connectivity index (χ0) is 14.8. The number of nitrogens with one attached hydrogen (secondary N) is 1. The highest BCUT2D eigenvalue weighted by Crippen LogP contribution is 2.21. The lowest BCUT2D eigenvalue weighted by Gasteiger charge is -2.06. The molecular weight excluding hydrogens is 381 g/mol. The highest BCUT2D eigenvalue weighted by Gasteiger charge is 2.10. The minimum atomic E-state index is -1.05. The number of rotatable bonds is 4. The lowest BCUT2D eigenvalue weighted by molar-refractivity contribution is 0.0665. The highest BCUT2D eigenvalue weighted by molar-refractivity contribution is 14.1. The Labute approximate surface area is 134 Å². The molecule has 0 spiro atoms. The topological polar surface area (TPSA) is 62.5 Å². The zero-order valence-corrected chi connectivity index (χ0v) is 13.1. The van der Waals surface area contributed by atoms with E-state index in [1.54, 1.807) is 12.1 Å². The molecule has 0 atom stereocenters. The molecule has 0 aliphatic heterocycles. The van der Waals surface area contributed by atoms with Gasteiger partial charge in [0.15, 0.2) is 0 Å². The van der Waals surface area contributed by atoms with Gasteiger partial charge in [-0.15, -0.1) is 0 Å². The van der Waals surface area contributed by atoms with Crippen LogP contribution in [0.15, 0.2) is 52.9 Å². The molecule has 21 heavy (non-hydrogen) atoms. The maximum atomic E-state index is 10.9. The van der Waals surface area contributed by atoms with Crippen molar-refractivity contribution in [2.24, 2.45) is 0 Å². The third-order valence-corrected chi connectivity index (χ3v) is 3.78. The van der Waals surface area contributed by atoms with E-state index in [0.717, 1.165) is 16.6 Å². The minimum Gasteiger partial charge on any atom is -0.475 e. The van der Waals surface area contributed by atoms with E-state index in [-0.39, 0.29) is 5.76 Å². The van der Waals surface area contributed by atoms with Crippen LogP contribution in [0.4, 0.5) is 5.69 Å². The molecule has 0 aliphatic carbocycles. The van der Waals surface area contributed by atoms with Gasteiger partial charge >= 0.3 is 5.97 Å². The summed E-state index contributed by atoms with van der Waals surface area (Å²) in [5.41, 5.74) is 2.71. The maximum absolute atomic E-state index is 10.9. The number of aromatic carboxylic acids is 1. The first-order chi connectivity index (χ1) is 10.1. The lowest BCUT2D eigenvalue weighted by Crippen LogP contribution is -1.99. The van der Waals surface area contributed by atoms with E-state index in [2.05, 4.69) is 34.0 Å². The second-order valence-corrected chi connectivity index (χ2v) is 5.90. The van der Waals surface area contributed by atoms with E-state index >= 15 is 0 Å². The van der Waals surface area contributed by atoms with Crippen LogP contribution in [0.5, 0.6) is 0 Å². The standard InChI is InChI=1S/C16H12INO3/c17-12-2-1-3-13(8-12)18-9-10-4-5-14-11(6-10)7-15(21-14)16(19)20/h1-8,18H,9H2,(H,19,20). The van der Waals surface area contributed by atoms with Gasteiger partial charge in [0.1, 0.15) is 5.58 Å². The summed E-state index contributed by atoms with van der Waals surface area (Å²) in [6.07, 6.45) is 0. The van der Waals surface area contributed by atoms with Gasteiger partial charge in [0.25, 0.3) is 0 Å². The quantitative estimate of drug-likeness (QED) is 0.648. The third kappa shape index (κ3) is 3.18. The molecule has 4 nitrogen and oxygen atoms in total. The molecule has 0 saturated heterocycles. The van der Waals surface area contributed by atoms with Gasteiger partial charge in [-0.05, 0) is 64.6 Å². The van der Waals surface area contributed by atoms with E-state index in [1.807, 2.05) is 30.3 Å². The number of fused-ring (bicyclic) bond motifs is 1. The van der Waals surface area contributed by atoms with Gasteiger partial charge in [0, 0.05) is 21.2 Å². The van der Waals surface area contributed by atoms with Crippen molar-refractivity contribution in [3.05, 3.63) is 63.4 Å².